The van der Waals surface area contributed by atoms with Crippen molar-refractivity contribution in [1.82, 2.24) is 10.2 Å². The predicted octanol–water partition coefficient (Wildman–Crippen LogP) is 2.42. The molecule has 0 aliphatic carbocycles. The van der Waals surface area contributed by atoms with Crippen LogP contribution in [0.5, 0.6) is 0 Å². The number of benzene rings is 2. The SMILES string of the molecule is CC(C)[C@@H](NC(=O)c1ccccc1F)C(=O)OCCN1C(=O)c2ccccc2C1=O. The molecular formula is C22H21FN2O5. The van der Waals surface area contributed by atoms with E-state index in [4.69, 9.17) is 4.74 Å². The van der Waals surface area contributed by atoms with Crippen LogP contribution in [0.25, 0.3) is 0 Å². The summed E-state index contributed by atoms with van der Waals surface area (Å²) in [6.07, 6.45) is 0. The van der Waals surface area contributed by atoms with E-state index >= 15 is 0 Å². The third kappa shape index (κ3) is 4.22. The number of carbonyl (C=O) groups is 4. The lowest BCUT2D eigenvalue weighted by atomic mass is 10.0. The molecule has 7 nitrogen and oxygen atoms in total. The highest BCUT2D eigenvalue weighted by Crippen LogP contribution is 2.22. The largest absolute Gasteiger partial charge is 0.462 e. The summed E-state index contributed by atoms with van der Waals surface area (Å²) in [4.78, 5) is 50.5. The number of amides is 3. The highest BCUT2D eigenvalue weighted by Gasteiger charge is 2.35. The fourth-order valence-electron chi connectivity index (χ4n) is 3.13. The average Bonchev–Trinajstić information content (AvgIpc) is 2.97. The second kappa shape index (κ2) is 8.86. The highest BCUT2D eigenvalue weighted by molar-refractivity contribution is 6.21. The van der Waals surface area contributed by atoms with Gasteiger partial charge in [0.05, 0.1) is 23.2 Å². The molecule has 1 aliphatic rings. The number of imide groups is 1. The molecule has 0 aromatic heterocycles. The number of nitrogens with zero attached hydrogens (tertiary/aromatic N) is 1. The highest BCUT2D eigenvalue weighted by atomic mass is 19.1. The number of rotatable bonds is 7. The Balaban J connectivity index is 1.59. The molecule has 2 aromatic rings. The average molecular weight is 412 g/mol. The molecule has 0 radical (unpaired) electrons. The van der Waals surface area contributed by atoms with Crippen LogP contribution < -0.4 is 5.32 Å². The van der Waals surface area contributed by atoms with Crippen molar-refractivity contribution in [3.05, 3.63) is 71.0 Å². The van der Waals surface area contributed by atoms with E-state index in [1.807, 2.05) is 0 Å². The lowest BCUT2D eigenvalue weighted by Gasteiger charge is -2.22. The summed E-state index contributed by atoms with van der Waals surface area (Å²) in [7, 11) is 0. The molecule has 0 saturated heterocycles. The summed E-state index contributed by atoms with van der Waals surface area (Å²) in [5.74, 6) is -3.38. The molecule has 1 aliphatic heterocycles. The fraction of sp³-hybridized carbons (Fsp3) is 0.273. The van der Waals surface area contributed by atoms with Gasteiger partial charge in [-0.2, -0.15) is 0 Å². The molecule has 1 atom stereocenters. The Morgan fingerprint density at radius 3 is 2.13 bits per heavy atom. The zero-order valence-electron chi connectivity index (χ0n) is 16.6. The van der Waals surface area contributed by atoms with Gasteiger partial charge >= 0.3 is 5.97 Å². The van der Waals surface area contributed by atoms with Crippen LogP contribution in [0.2, 0.25) is 0 Å². The van der Waals surface area contributed by atoms with Crippen molar-refractivity contribution >= 4 is 23.7 Å². The van der Waals surface area contributed by atoms with Crippen molar-refractivity contribution in [2.45, 2.75) is 19.9 Å². The van der Waals surface area contributed by atoms with E-state index in [0.717, 1.165) is 11.0 Å². The Hall–Kier alpha value is -3.55. The van der Waals surface area contributed by atoms with E-state index < -0.39 is 35.5 Å². The molecule has 0 unspecified atom stereocenters. The van der Waals surface area contributed by atoms with Gasteiger partial charge in [0.25, 0.3) is 17.7 Å². The van der Waals surface area contributed by atoms with Gasteiger partial charge in [0.15, 0.2) is 0 Å². The topological polar surface area (TPSA) is 92.8 Å². The maximum Gasteiger partial charge on any atom is 0.328 e. The fourth-order valence-corrected chi connectivity index (χ4v) is 3.13. The Morgan fingerprint density at radius 1 is 1.00 bits per heavy atom. The first-order valence-corrected chi connectivity index (χ1v) is 9.48. The number of ether oxygens (including phenoxy) is 1. The molecule has 156 valence electrons. The first-order valence-electron chi connectivity index (χ1n) is 9.48. The van der Waals surface area contributed by atoms with Gasteiger partial charge in [-0.05, 0) is 30.2 Å². The Bertz CT molecular complexity index is 970. The van der Waals surface area contributed by atoms with E-state index in [9.17, 15) is 23.6 Å². The van der Waals surface area contributed by atoms with Gasteiger partial charge in [-0.1, -0.05) is 38.1 Å². The molecule has 3 rings (SSSR count). The zero-order chi connectivity index (χ0) is 21.8. The first kappa shape index (κ1) is 21.2. The van der Waals surface area contributed by atoms with Gasteiger partial charge in [0, 0.05) is 0 Å². The molecule has 8 heteroatoms. The van der Waals surface area contributed by atoms with E-state index in [0.29, 0.717) is 11.1 Å². The van der Waals surface area contributed by atoms with Gasteiger partial charge in [-0.3, -0.25) is 19.3 Å². The normalized spacial score (nSPS) is 13.9. The van der Waals surface area contributed by atoms with Crippen LogP contribution in [0, 0.1) is 11.7 Å². The van der Waals surface area contributed by atoms with Crippen molar-refractivity contribution in [3.63, 3.8) is 0 Å². The van der Waals surface area contributed by atoms with Crippen molar-refractivity contribution < 1.29 is 28.3 Å². The number of esters is 1. The zero-order valence-corrected chi connectivity index (χ0v) is 16.6. The lowest BCUT2D eigenvalue weighted by Crippen LogP contribution is -2.46. The van der Waals surface area contributed by atoms with Gasteiger partial charge in [-0.25, -0.2) is 9.18 Å². The lowest BCUT2D eigenvalue weighted by molar-refractivity contribution is -0.147. The minimum atomic E-state index is -1.01. The van der Waals surface area contributed by atoms with Crippen molar-refractivity contribution in [2.24, 2.45) is 5.92 Å². The van der Waals surface area contributed by atoms with E-state index in [1.54, 1.807) is 38.1 Å². The number of hydrogen-bond acceptors (Lipinski definition) is 5. The van der Waals surface area contributed by atoms with Crippen LogP contribution in [-0.2, 0) is 9.53 Å². The van der Waals surface area contributed by atoms with E-state index in [2.05, 4.69) is 5.32 Å². The van der Waals surface area contributed by atoms with Crippen LogP contribution in [-0.4, -0.2) is 47.8 Å². The number of halogens is 1. The maximum atomic E-state index is 13.8. The van der Waals surface area contributed by atoms with Crippen LogP contribution in [0.4, 0.5) is 4.39 Å². The van der Waals surface area contributed by atoms with Crippen molar-refractivity contribution in [1.29, 1.82) is 0 Å². The number of carbonyl (C=O) groups excluding carboxylic acids is 4. The summed E-state index contributed by atoms with van der Waals surface area (Å²) in [6, 6.07) is 10.9. The predicted molar refractivity (Wildman–Crippen MR) is 105 cm³/mol. The molecule has 0 fully saturated rings. The molecule has 0 spiro atoms. The number of fused-ring (bicyclic) bond motifs is 1. The first-order chi connectivity index (χ1) is 14.3. The van der Waals surface area contributed by atoms with Gasteiger partial charge in [0.2, 0.25) is 0 Å². The molecule has 1 N–H and O–H groups in total. The summed E-state index contributed by atoms with van der Waals surface area (Å²) >= 11 is 0. The van der Waals surface area contributed by atoms with Crippen molar-refractivity contribution in [2.75, 3.05) is 13.2 Å². The van der Waals surface area contributed by atoms with Crippen LogP contribution >= 0.6 is 0 Å². The Kier molecular flexibility index (Phi) is 6.25. The molecular weight excluding hydrogens is 391 g/mol. The maximum absolute atomic E-state index is 13.8. The molecule has 2 aromatic carbocycles. The van der Waals surface area contributed by atoms with Crippen molar-refractivity contribution in [3.8, 4) is 0 Å². The molecule has 0 bridgehead atoms. The van der Waals surface area contributed by atoms with Crippen LogP contribution in [0.15, 0.2) is 48.5 Å². The molecule has 1 heterocycles. The quantitative estimate of drug-likeness (QED) is 0.557. The number of nitrogens with one attached hydrogen (secondary N) is 1. The summed E-state index contributed by atoms with van der Waals surface area (Å²) in [6.45, 7) is 3.09. The standard InChI is InChI=1S/C22H21FN2O5/c1-13(2)18(24-19(26)16-9-5-6-10-17(16)23)22(29)30-12-11-25-20(27)14-7-3-4-8-15(14)21(25)28/h3-10,13,18H,11-12H2,1-2H3,(H,24,26)/t18-/m1/s1. The smallest absolute Gasteiger partial charge is 0.328 e. The molecule has 0 saturated carbocycles. The summed E-state index contributed by atoms with van der Waals surface area (Å²) in [5, 5.41) is 2.48. The third-order valence-electron chi connectivity index (χ3n) is 4.76. The van der Waals surface area contributed by atoms with E-state index in [-0.39, 0.29) is 24.6 Å². The molecule has 3 amide bonds. The Morgan fingerprint density at radius 2 is 1.57 bits per heavy atom. The van der Waals surface area contributed by atoms with E-state index in [1.165, 1.54) is 18.2 Å². The van der Waals surface area contributed by atoms with Crippen LogP contribution in [0.3, 0.4) is 0 Å². The third-order valence-corrected chi connectivity index (χ3v) is 4.76. The summed E-state index contributed by atoms with van der Waals surface area (Å²) < 4.78 is 19.0. The number of hydrogen-bond donors (Lipinski definition) is 1. The minimum Gasteiger partial charge on any atom is -0.462 e. The second-order valence-corrected chi connectivity index (χ2v) is 7.15. The Labute approximate surface area is 172 Å². The van der Waals surface area contributed by atoms with Gasteiger partial charge in [-0.15, -0.1) is 0 Å². The summed E-state index contributed by atoms with van der Waals surface area (Å²) in [5.41, 5.74) is 0.444. The molecule has 30 heavy (non-hydrogen) atoms. The van der Waals surface area contributed by atoms with Gasteiger partial charge in [0.1, 0.15) is 18.5 Å². The van der Waals surface area contributed by atoms with Crippen LogP contribution in [0.1, 0.15) is 44.9 Å². The minimum absolute atomic E-state index is 0.107. The monoisotopic (exact) mass is 412 g/mol. The van der Waals surface area contributed by atoms with Gasteiger partial charge < -0.3 is 10.1 Å². The second-order valence-electron chi connectivity index (χ2n) is 7.15.